The number of nitrogens with zero attached hydrogens (tertiary/aromatic N) is 2. The summed E-state index contributed by atoms with van der Waals surface area (Å²) in [6.07, 6.45) is 0. The normalized spacial score (nSPS) is 10.4. The average molecular weight is 352 g/mol. The highest BCUT2D eigenvalue weighted by Gasteiger charge is 2.10. The van der Waals surface area contributed by atoms with E-state index < -0.39 is 5.97 Å². The van der Waals surface area contributed by atoms with Crippen LogP contribution in [0.1, 0.15) is 5.56 Å². The van der Waals surface area contributed by atoms with Gasteiger partial charge in [-0.3, -0.25) is 4.79 Å². The van der Waals surface area contributed by atoms with Crippen LogP contribution in [0.25, 0.3) is 11.3 Å². The van der Waals surface area contributed by atoms with Gasteiger partial charge in [0.2, 0.25) is 5.95 Å². The summed E-state index contributed by atoms with van der Waals surface area (Å²) in [7, 11) is 0. The van der Waals surface area contributed by atoms with E-state index in [1.54, 1.807) is 25.1 Å². The highest BCUT2D eigenvalue weighted by atomic mass is 19.1. The second-order valence-electron chi connectivity index (χ2n) is 5.61. The molecule has 0 aliphatic carbocycles. The van der Waals surface area contributed by atoms with Gasteiger partial charge in [-0.1, -0.05) is 36.4 Å². The third-order valence-electron chi connectivity index (χ3n) is 3.72. The summed E-state index contributed by atoms with van der Waals surface area (Å²) >= 11 is 0. The van der Waals surface area contributed by atoms with Gasteiger partial charge in [0.25, 0.3) is 0 Å². The number of carbonyl (C=O) groups is 1. The van der Waals surface area contributed by atoms with Crippen LogP contribution in [-0.4, -0.2) is 27.6 Å². The molecule has 0 aliphatic heterocycles. The lowest BCUT2D eigenvalue weighted by atomic mass is 10.1. The Morgan fingerprint density at radius 2 is 1.88 bits per heavy atom. The molecule has 0 spiro atoms. The highest BCUT2D eigenvalue weighted by Crippen LogP contribution is 2.25. The van der Waals surface area contributed by atoms with Crippen LogP contribution < -0.4 is 10.6 Å². The van der Waals surface area contributed by atoms with E-state index in [9.17, 15) is 9.18 Å². The Bertz CT molecular complexity index is 932. The van der Waals surface area contributed by atoms with Crippen molar-refractivity contribution in [3.05, 3.63) is 66.0 Å². The van der Waals surface area contributed by atoms with Crippen molar-refractivity contribution >= 4 is 23.4 Å². The Balaban J connectivity index is 1.99. The molecule has 0 saturated carbocycles. The van der Waals surface area contributed by atoms with E-state index in [0.29, 0.717) is 22.8 Å². The summed E-state index contributed by atoms with van der Waals surface area (Å²) in [4.78, 5) is 19.4. The fraction of sp³-hybridized carbons (Fsp3) is 0.105. The van der Waals surface area contributed by atoms with Crippen LogP contribution in [0.4, 0.5) is 21.8 Å². The maximum absolute atomic E-state index is 13.8. The van der Waals surface area contributed by atoms with E-state index >= 15 is 0 Å². The predicted molar refractivity (Wildman–Crippen MR) is 98.0 cm³/mol. The molecule has 0 bridgehead atoms. The Labute approximate surface area is 149 Å². The summed E-state index contributed by atoms with van der Waals surface area (Å²) < 4.78 is 13.8. The minimum Gasteiger partial charge on any atom is -0.480 e. The largest absolute Gasteiger partial charge is 0.480 e. The number of halogens is 1. The number of hydrogen-bond acceptors (Lipinski definition) is 5. The summed E-state index contributed by atoms with van der Waals surface area (Å²) in [6, 6.07) is 15.9. The second kappa shape index (κ2) is 7.60. The highest BCUT2D eigenvalue weighted by molar-refractivity contribution is 5.73. The lowest BCUT2D eigenvalue weighted by Crippen LogP contribution is -2.15. The number of anilines is 3. The summed E-state index contributed by atoms with van der Waals surface area (Å²) in [6.45, 7) is 1.36. The van der Waals surface area contributed by atoms with Crippen molar-refractivity contribution in [1.82, 2.24) is 9.97 Å². The van der Waals surface area contributed by atoms with Gasteiger partial charge in [0.15, 0.2) is 0 Å². The molecular weight excluding hydrogens is 335 g/mol. The van der Waals surface area contributed by atoms with E-state index in [1.807, 2.05) is 30.3 Å². The standard InChI is InChI=1S/C19H17FN4O2/c1-12-14(20)8-5-9-15(12)22-17-10-16(13-6-3-2-4-7-13)23-19(24-17)21-11-18(25)26/h2-10H,11H2,1H3,(H,25,26)(H2,21,22,23,24). The quantitative estimate of drug-likeness (QED) is 0.625. The Kier molecular flexibility index (Phi) is 5.07. The fourth-order valence-electron chi connectivity index (χ4n) is 2.38. The van der Waals surface area contributed by atoms with Crippen molar-refractivity contribution in [2.24, 2.45) is 0 Å². The van der Waals surface area contributed by atoms with E-state index in [1.165, 1.54) is 6.07 Å². The maximum atomic E-state index is 13.8. The van der Waals surface area contributed by atoms with Gasteiger partial charge in [0, 0.05) is 22.9 Å². The van der Waals surface area contributed by atoms with Crippen LogP contribution in [0, 0.1) is 12.7 Å². The molecule has 3 N–H and O–H groups in total. The fourth-order valence-corrected chi connectivity index (χ4v) is 2.38. The first-order chi connectivity index (χ1) is 12.5. The Hall–Kier alpha value is -3.48. The van der Waals surface area contributed by atoms with Crippen molar-refractivity contribution < 1.29 is 14.3 Å². The van der Waals surface area contributed by atoms with Crippen molar-refractivity contribution in [3.63, 3.8) is 0 Å². The number of hydrogen-bond donors (Lipinski definition) is 3. The molecule has 26 heavy (non-hydrogen) atoms. The number of nitrogens with one attached hydrogen (secondary N) is 2. The SMILES string of the molecule is Cc1c(F)cccc1Nc1cc(-c2ccccc2)nc(NCC(=O)O)n1. The number of aliphatic carboxylic acids is 1. The number of carboxylic acids is 1. The van der Waals surface area contributed by atoms with Gasteiger partial charge in [-0.2, -0.15) is 4.98 Å². The van der Waals surface area contributed by atoms with Gasteiger partial charge in [-0.05, 0) is 19.1 Å². The number of aromatic nitrogens is 2. The van der Waals surface area contributed by atoms with Crippen LogP contribution in [0.5, 0.6) is 0 Å². The molecule has 0 unspecified atom stereocenters. The average Bonchev–Trinajstić information content (AvgIpc) is 2.64. The lowest BCUT2D eigenvalue weighted by molar-refractivity contribution is -0.134. The zero-order valence-electron chi connectivity index (χ0n) is 14.0. The maximum Gasteiger partial charge on any atom is 0.322 e. The molecule has 0 saturated heterocycles. The van der Waals surface area contributed by atoms with Crippen LogP contribution in [0.2, 0.25) is 0 Å². The van der Waals surface area contributed by atoms with Crippen LogP contribution >= 0.6 is 0 Å². The molecule has 3 aromatic rings. The first-order valence-corrected chi connectivity index (χ1v) is 7.95. The summed E-state index contributed by atoms with van der Waals surface area (Å²) in [5.74, 6) is -0.739. The van der Waals surface area contributed by atoms with Crippen LogP contribution in [0.15, 0.2) is 54.6 Å². The molecule has 0 amide bonds. The molecule has 0 aliphatic rings. The van der Waals surface area contributed by atoms with Gasteiger partial charge >= 0.3 is 5.97 Å². The van der Waals surface area contributed by atoms with Crippen molar-refractivity contribution in [3.8, 4) is 11.3 Å². The monoisotopic (exact) mass is 352 g/mol. The number of carboxylic acid groups (broad SMARTS) is 1. The third kappa shape index (κ3) is 4.13. The topological polar surface area (TPSA) is 87.1 Å². The smallest absolute Gasteiger partial charge is 0.322 e. The lowest BCUT2D eigenvalue weighted by Gasteiger charge is -2.12. The predicted octanol–water partition coefficient (Wildman–Crippen LogP) is 3.83. The molecule has 1 aromatic heterocycles. The first-order valence-electron chi connectivity index (χ1n) is 7.95. The third-order valence-corrected chi connectivity index (χ3v) is 3.72. The van der Waals surface area contributed by atoms with Gasteiger partial charge in [0.1, 0.15) is 18.2 Å². The van der Waals surface area contributed by atoms with Crippen molar-refractivity contribution in [2.45, 2.75) is 6.92 Å². The molecule has 3 rings (SSSR count). The zero-order chi connectivity index (χ0) is 18.5. The molecule has 0 radical (unpaired) electrons. The van der Waals surface area contributed by atoms with Gasteiger partial charge in [-0.15, -0.1) is 0 Å². The molecular formula is C19H17FN4O2. The number of benzene rings is 2. The molecule has 132 valence electrons. The Morgan fingerprint density at radius 1 is 1.12 bits per heavy atom. The number of rotatable bonds is 6. The van der Waals surface area contributed by atoms with E-state index in [0.717, 1.165) is 5.56 Å². The van der Waals surface area contributed by atoms with Crippen molar-refractivity contribution in [1.29, 1.82) is 0 Å². The molecule has 0 atom stereocenters. The van der Waals surface area contributed by atoms with Crippen LogP contribution in [0.3, 0.4) is 0 Å². The van der Waals surface area contributed by atoms with Gasteiger partial charge in [0.05, 0.1) is 5.69 Å². The van der Waals surface area contributed by atoms with E-state index in [-0.39, 0.29) is 18.3 Å². The van der Waals surface area contributed by atoms with Gasteiger partial charge in [-0.25, -0.2) is 9.37 Å². The molecule has 2 aromatic carbocycles. The van der Waals surface area contributed by atoms with Crippen LogP contribution in [-0.2, 0) is 4.79 Å². The van der Waals surface area contributed by atoms with E-state index in [2.05, 4.69) is 20.6 Å². The summed E-state index contributed by atoms with van der Waals surface area (Å²) in [5, 5.41) is 14.6. The summed E-state index contributed by atoms with van der Waals surface area (Å²) in [5.41, 5.74) is 2.51. The minimum atomic E-state index is -1.02. The molecule has 7 heteroatoms. The Morgan fingerprint density at radius 3 is 2.62 bits per heavy atom. The zero-order valence-corrected chi connectivity index (χ0v) is 14.0. The minimum absolute atomic E-state index is 0.172. The first kappa shape index (κ1) is 17.3. The second-order valence-corrected chi connectivity index (χ2v) is 5.61. The van der Waals surface area contributed by atoms with E-state index in [4.69, 9.17) is 5.11 Å². The van der Waals surface area contributed by atoms with Gasteiger partial charge < -0.3 is 15.7 Å². The molecule has 6 nitrogen and oxygen atoms in total. The molecule has 1 heterocycles. The van der Waals surface area contributed by atoms with Crippen molar-refractivity contribution in [2.75, 3.05) is 17.2 Å². The molecule has 0 fully saturated rings.